The minimum atomic E-state index is -0.501. The number of carbonyl (C=O) groups excluding carboxylic acids is 2. The van der Waals surface area contributed by atoms with E-state index in [1.807, 2.05) is 44.9 Å². The van der Waals surface area contributed by atoms with Gasteiger partial charge in [-0.15, -0.1) is 0 Å². The van der Waals surface area contributed by atoms with E-state index in [1.165, 1.54) is 31.5 Å². The molecule has 7 nitrogen and oxygen atoms in total. The molecule has 1 aromatic carbocycles. The highest BCUT2D eigenvalue weighted by Crippen LogP contribution is 2.36. The topological polar surface area (TPSA) is 67.7 Å². The molecule has 2 aliphatic rings. The number of benzene rings is 1. The van der Waals surface area contributed by atoms with Crippen LogP contribution >= 0.6 is 0 Å². The Bertz CT molecular complexity index is 1050. The fourth-order valence-corrected chi connectivity index (χ4v) is 5.47. The lowest BCUT2D eigenvalue weighted by Gasteiger charge is -2.37. The number of aromatic nitrogens is 2. The Labute approximate surface area is 209 Å². The maximum Gasteiger partial charge on any atom is 0.410 e. The zero-order valence-corrected chi connectivity index (χ0v) is 22.3. The number of fused-ring (bicyclic) bond motifs is 1. The number of carbonyl (C=O) groups is 2. The second kappa shape index (κ2) is 10.2. The van der Waals surface area contributed by atoms with Crippen LogP contribution in [0.3, 0.4) is 0 Å². The molecular formula is C28H42N4O3. The minimum absolute atomic E-state index is 0.0171. The van der Waals surface area contributed by atoms with E-state index >= 15 is 0 Å². The van der Waals surface area contributed by atoms with Crippen molar-refractivity contribution in [2.24, 2.45) is 5.92 Å². The van der Waals surface area contributed by atoms with Crippen LogP contribution in [0.4, 0.5) is 4.79 Å². The van der Waals surface area contributed by atoms with Crippen molar-refractivity contribution in [2.75, 3.05) is 20.1 Å². The summed E-state index contributed by atoms with van der Waals surface area (Å²) in [6.45, 7) is 12.3. The molecular weight excluding hydrogens is 440 g/mol. The molecule has 1 aliphatic heterocycles. The number of ether oxygens (including phenoxy) is 1. The van der Waals surface area contributed by atoms with Crippen LogP contribution in [0.25, 0.3) is 11.0 Å². The second-order valence-electron chi connectivity index (χ2n) is 11.8. The van der Waals surface area contributed by atoms with Crippen LogP contribution in [-0.2, 0) is 11.3 Å². The summed E-state index contributed by atoms with van der Waals surface area (Å²) in [6.07, 6.45) is 6.19. The van der Waals surface area contributed by atoms with E-state index in [-0.39, 0.29) is 18.0 Å². The molecule has 0 atom stereocenters. The van der Waals surface area contributed by atoms with Gasteiger partial charge in [-0.3, -0.25) is 4.79 Å². The van der Waals surface area contributed by atoms with E-state index in [9.17, 15) is 9.59 Å². The van der Waals surface area contributed by atoms with Crippen molar-refractivity contribution in [2.45, 2.75) is 97.2 Å². The summed E-state index contributed by atoms with van der Waals surface area (Å²) in [5.74, 6) is 2.27. The SMILES string of the molecule is CC(C)Cn1c(C2CCCC2)nc2cc(C(=O)N(C)C3CCN(C(=O)OC(C)(C)C)CC3)ccc21. The molecule has 0 radical (unpaired) electrons. The maximum atomic E-state index is 13.4. The van der Waals surface area contributed by atoms with Crippen molar-refractivity contribution in [3.63, 3.8) is 0 Å². The lowest BCUT2D eigenvalue weighted by Crippen LogP contribution is -2.48. The van der Waals surface area contributed by atoms with Gasteiger partial charge in [-0.2, -0.15) is 0 Å². The fraction of sp³-hybridized carbons (Fsp3) is 0.679. The number of imidazole rings is 1. The average Bonchev–Trinajstić information content (AvgIpc) is 3.45. The second-order valence-corrected chi connectivity index (χ2v) is 11.8. The molecule has 35 heavy (non-hydrogen) atoms. The van der Waals surface area contributed by atoms with Gasteiger partial charge in [-0.25, -0.2) is 9.78 Å². The first-order chi connectivity index (χ1) is 16.5. The first-order valence-corrected chi connectivity index (χ1v) is 13.3. The van der Waals surface area contributed by atoms with Crippen LogP contribution in [0.5, 0.6) is 0 Å². The predicted molar refractivity (Wildman–Crippen MR) is 139 cm³/mol. The van der Waals surface area contributed by atoms with Gasteiger partial charge >= 0.3 is 6.09 Å². The summed E-state index contributed by atoms with van der Waals surface area (Å²) in [5, 5.41) is 0. The zero-order valence-electron chi connectivity index (χ0n) is 22.3. The van der Waals surface area contributed by atoms with Crippen molar-refractivity contribution in [1.82, 2.24) is 19.4 Å². The van der Waals surface area contributed by atoms with Crippen LogP contribution in [0.15, 0.2) is 18.2 Å². The number of hydrogen-bond donors (Lipinski definition) is 0. The first kappa shape index (κ1) is 25.5. The monoisotopic (exact) mass is 482 g/mol. The molecule has 4 rings (SSSR count). The highest BCUT2D eigenvalue weighted by molar-refractivity contribution is 5.97. The van der Waals surface area contributed by atoms with E-state index in [4.69, 9.17) is 9.72 Å². The largest absolute Gasteiger partial charge is 0.444 e. The van der Waals surface area contributed by atoms with Gasteiger partial charge in [-0.05, 0) is 70.6 Å². The Morgan fingerprint density at radius 1 is 1.11 bits per heavy atom. The predicted octanol–water partition coefficient (Wildman–Crippen LogP) is 5.82. The summed E-state index contributed by atoms with van der Waals surface area (Å²) in [4.78, 5) is 34.4. The number of nitrogens with zero attached hydrogens (tertiary/aromatic N) is 4. The Hall–Kier alpha value is -2.57. The number of rotatable bonds is 5. The van der Waals surface area contributed by atoms with Gasteiger partial charge in [0.2, 0.25) is 0 Å². The number of likely N-dealkylation sites (tertiary alicyclic amines) is 1. The van der Waals surface area contributed by atoms with Gasteiger partial charge in [0.25, 0.3) is 5.91 Å². The van der Waals surface area contributed by atoms with Crippen molar-refractivity contribution < 1.29 is 14.3 Å². The molecule has 1 saturated heterocycles. The van der Waals surface area contributed by atoms with E-state index in [2.05, 4.69) is 24.5 Å². The van der Waals surface area contributed by atoms with Gasteiger partial charge in [-0.1, -0.05) is 26.7 Å². The minimum Gasteiger partial charge on any atom is -0.444 e. The zero-order chi connectivity index (χ0) is 25.3. The molecule has 2 heterocycles. The first-order valence-electron chi connectivity index (χ1n) is 13.3. The smallest absolute Gasteiger partial charge is 0.410 e. The molecule has 2 amide bonds. The molecule has 1 saturated carbocycles. The Morgan fingerprint density at radius 2 is 1.77 bits per heavy atom. The van der Waals surface area contributed by atoms with E-state index in [0.29, 0.717) is 30.5 Å². The normalized spacial score (nSPS) is 18.0. The molecule has 1 aromatic heterocycles. The lowest BCUT2D eigenvalue weighted by molar-refractivity contribution is 0.0160. The van der Waals surface area contributed by atoms with Crippen molar-refractivity contribution in [3.8, 4) is 0 Å². The van der Waals surface area contributed by atoms with Crippen LogP contribution < -0.4 is 0 Å². The summed E-state index contributed by atoms with van der Waals surface area (Å²) in [6, 6.07) is 6.10. The third kappa shape index (κ3) is 5.81. The van der Waals surface area contributed by atoms with Gasteiger partial charge in [0.05, 0.1) is 11.0 Å². The highest BCUT2D eigenvalue weighted by Gasteiger charge is 2.31. The molecule has 0 N–H and O–H groups in total. The molecule has 1 aliphatic carbocycles. The molecule has 7 heteroatoms. The highest BCUT2D eigenvalue weighted by atomic mass is 16.6. The lowest BCUT2D eigenvalue weighted by atomic mass is 10.0. The quantitative estimate of drug-likeness (QED) is 0.538. The third-order valence-electron chi connectivity index (χ3n) is 7.28. The third-order valence-corrected chi connectivity index (χ3v) is 7.28. The van der Waals surface area contributed by atoms with Crippen LogP contribution in [-0.4, -0.2) is 63.1 Å². The molecule has 0 bridgehead atoms. The molecule has 2 aromatic rings. The number of hydrogen-bond acceptors (Lipinski definition) is 4. The van der Waals surface area contributed by atoms with Gasteiger partial charge < -0.3 is 19.1 Å². The summed E-state index contributed by atoms with van der Waals surface area (Å²) >= 11 is 0. The maximum absolute atomic E-state index is 13.4. The van der Waals surface area contributed by atoms with E-state index < -0.39 is 5.60 Å². The van der Waals surface area contributed by atoms with E-state index in [0.717, 1.165) is 30.4 Å². The van der Waals surface area contributed by atoms with Gasteiger partial charge in [0.15, 0.2) is 0 Å². The molecule has 2 fully saturated rings. The summed E-state index contributed by atoms with van der Waals surface area (Å²) in [7, 11) is 1.88. The molecule has 192 valence electrons. The summed E-state index contributed by atoms with van der Waals surface area (Å²) in [5.41, 5.74) is 2.23. The standard InChI is InChI=1S/C28H42N4O3/c1-19(2)18-32-24-12-11-21(17-23(24)29-25(32)20-9-7-8-10-20)26(33)30(6)22-13-15-31(16-14-22)27(34)35-28(3,4)5/h11-12,17,19-20,22H,7-10,13-16,18H2,1-6H3. The van der Waals surface area contributed by atoms with Crippen molar-refractivity contribution >= 4 is 23.0 Å². The van der Waals surface area contributed by atoms with Gasteiger partial charge in [0.1, 0.15) is 11.4 Å². The fourth-order valence-electron chi connectivity index (χ4n) is 5.47. The van der Waals surface area contributed by atoms with Crippen LogP contribution in [0, 0.1) is 5.92 Å². The average molecular weight is 483 g/mol. The van der Waals surface area contributed by atoms with E-state index in [1.54, 1.807) is 4.90 Å². The molecule has 0 spiro atoms. The Balaban J connectivity index is 1.47. The number of amides is 2. The van der Waals surface area contributed by atoms with Crippen LogP contribution in [0.2, 0.25) is 0 Å². The van der Waals surface area contributed by atoms with Crippen molar-refractivity contribution in [1.29, 1.82) is 0 Å². The Kier molecular flexibility index (Phi) is 7.43. The van der Waals surface area contributed by atoms with Crippen LogP contribution in [0.1, 0.15) is 95.2 Å². The van der Waals surface area contributed by atoms with Crippen molar-refractivity contribution in [3.05, 3.63) is 29.6 Å². The Morgan fingerprint density at radius 3 is 2.37 bits per heavy atom. The number of piperidine rings is 1. The van der Waals surface area contributed by atoms with Gasteiger partial charge in [0, 0.05) is 44.2 Å². The summed E-state index contributed by atoms with van der Waals surface area (Å²) < 4.78 is 7.89. The molecule has 0 unspecified atom stereocenters.